The molecule has 1 aromatic heterocycles. The highest BCUT2D eigenvalue weighted by Gasteiger charge is 2.42. The Kier molecular flexibility index (Phi) is 13.7. The second-order valence-corrected chi connectivity index (χ2v) is 8.40. The van der Waals surface area contributed by atoms with E-state index in [9.17, 15) is 24.0 Å². The summed E-state index contributed by atoms with van der Waals surface area (Å²) in [5.41, 5.74) is 0.779. The summed E-state index contributed by atoms with van der Waals surface area (Å²) in [7, 11) is 1.66. The molecule has 14 heteroatoms. The molecule has 210 valence electrons. The van der Waals surface area contributed by atoms with Gasteiger partial charge in [0, 0.05) is 51.9 Å². The normalized spacial score (nSPS) is 16.8. The molecule has 2 heterocycles. The molecule has 0 unspecified atom stereocenters. The molecular formula is C24H35N5O9. The fraction of sp³-hybridized carbons (Fsp3) is 0.583. The molecule has 1 fully saturated rings. The molecule has 1 saturated heterocycles. The summed E-state index contributed by atoms with van der Waals surface area (Å²) in [5.74, 6) is -2.67. The van der Waals surface area contributed by atoms with Crippen LogP contribution in [0.5, 0.6) is 0 Å². The van der Waals surface area contributed by atoms with Crippen molar-refractivity contribution in [1.82, 2.24) is 25.8 Å². The number of carbonyl (C=O) groups is 5. The number of aromatic nitrogens is 1. The first-order valence-corrected chi connectivity index (χ1v) is 12.2. The number of nitrogens with zero attached hydrogens (tertiary/aromatic N) is 2. The van der Waals surface area contributed by atoms with E-state index in [2.05, 4.69) is 20.9 Å². The Hall–Kier alpha value is -3.62. The lowest BCUT2D eigenvalue weighted by Gasteiger charge is -2.24. The summed E-state index contributed by atoms with van der Waals surface area (Å²) in [4.78, 5) is 64.5. The van der Waals surface area contributed by atoms with Gasteiger partial charge in [-0.3, -0.25) is 24.2 Å². The van der Waals surface area contributed by atoms with Crippen molar-refractivity contribution in [3.8, 4) is 0 Å². The largest absolute Gasteiger partial charge is 0.480 e. The van der Waals surface area contributed by atoms with Crippen LogP contribution in [0.1, 0.15) is 24.4 Å². The number of ether oxygens (including phenoxy) is 3. The van der Waals surface area contributed by atoms with Gasteiger partial charge in [-0.15, -0.1) is 0 Å². The van der Waals surface area contributed by atoms with Crippen LogP contribution >= 0.6 is 0 Å². The highest BCUT2D eigenvalue weighted by Crippen LogP contribution is 2.36. The fourth-order valence-corrected chi connectivity index (χ4v) is 3.75. The Morgan fingerprint density at radius 1 is 0.974 bits per heavy atom. The third-order valence-electron chi connectivity index (χ3n) is 5.57. The number of rotatable bonds is 18. The molecule has 4 amide bonds. The molecule has 2 rings (SSSR count). The van der Waals surface area contributed by atoms with Crippen molar-refractivity contribution in [3.05, 3.63) is 30.1 Å². The standard InChI is InChI=1S/C24H35N5O9/c1-29-21(32)13-18(23(29)17-3-2-5-25-14-17)24(35)28-6-4-19(30)26-8-10-37-15-20(31)27-7-9-36-11-12-38-16-22(33)34/h2-3,5,14,18,23H,4,6-13,15-16H2,1H3,(H,26,30)(H,27,31)(H,28,35)(H,33,34)/t18-,23+/m0/s1. The van der Waals surface area contributed by atoms with E-state index in [-0.39, 0.29) is 95.7 Å². The molecule has 0 bridgehead atoms. The molecule has 4 N–H and O–H groups in total. The maximum Gasteiger partial charge on any atom is 0.329 e. The van der Waals surface area contributed by atoms with Crippen LogP contribution in [-0.4, -0.2) is 111 Å². The van der Waals surface area contributed by atoms with Crippen LogP contribution < -0.4 is 16.0 Å². The zero-order valence-corrected chi connectivity index (χ0v) is 21.3. The van der Waals surface area contributed by atoms with E-state index < -0.39 is 17.9 Å². The second-order valence-electron chi connectivity index (χ2n) is 8.40. The van der Waals surface area contributed by atoms with Crippen LogP contribution in [0.4, 0.5) is 0 Å². The third-order valence-corrected chi connectivity index (χ3v) is 5.57. The predicted molar refractivity (Wildman–Crippen MR) is 132 cm³/mol. The number of carbonyl (C=O) groups excluding carboxylic acids is 4. The maximum absolute atomic E-state index is 12.7. The lowest BCUT2D eigenvalue weighted by atomic mass is 9.94. The average molecular weight is 538 g/mol. The minimum atomic E-state index is -1.05. The molecule has 0 radical (unpaired) electrons. The summed E-state index contributed by atoms with van der Waals surface area (Å²) in [6.45, 7) is 0.751. The smallest absolute Gasteiger partial charge is 0.329 e. The van der Waals surface area contributed by atoms with Crippen molar-refractivity contribution in [2.75, 3.05) is 66.3 Å². The van der Waals surface area contributed by atoms with Gasteiger partial charge in [0.15, 0.2) is 0 Å². The van der Waals surface area contributed by atoms with Crippen LogP contribution in [0, 0.1) is 5.92 Å². The molecule has 2 atom stereocenters. The number of nitrogens with one attached hydrogen (secondary N) is 3. The van der Waals surface area contributed by atoms with E-state index in [1.807, 2.05) is 6.07 Å². The van der Waals surface area contributed by atoms with E-state index >= 15 is 0 Å². The van der Waals surface area contributed by atoms with Gasteiger partial charge in [-0.05, 0) is 11.6 Å². The van der Waals surface area contributed by atoms with Crippen molar-refractivity contribution in [2.24, 2.45) is 5.92 Å². The number of hydrogen-bond acceptors (Lipinski definition) is 9. The summed E-state index contributed by atoms with van der Waals surface area (Å²) < 4.78 is 15.2. The first kappa shape index (κ1) is 30.6. The van der Waals surface area contributed by atoms with Crippen molar-refractivity contribution in [3.63, 3.8) is 0 Å². The van der Waals surface area contributed by atoms with Crippen LogP contribution in [0.2, 0.25) is 0 Å². The van der Waals surface area contributed by atoms with Gasteiger partial charge < -0.3 is 40.2 Å². The number of amides is 4. The van der Waals surface area contributed by atoms with Gasteiger partial charge >= 0.3 is 5.97 Å². The minimum Gasteiger partial charge on any atom is -0.480 e. The van der Waals surface area contributed by atoms with Crippen LogP contribution in [0.3, 0.4) is 0 Å². The van der Waals surface area contributed by atoms with Crippen LogP contribution in [0.15, 0.2) is 24.5 Å². The first-order valence-electron chi connectivity index (χ1n) is 12.2. The molecule has 0 saturated carbocycles. The van der Waals surface area contributed by atoms with Crippen LogP contribution in [-0.2, 0) is 38.2 Å². The van der Waals surface area contributed by atoms with E-state index in [4.69, 9.17) is 19.3 Å². The van der Waals surface area contributed by atoms with Gasteiger partial charge in [-0.1, -0.05) is 6.07 Å². The zero-order chi connectivity index (χ0) is 27.8. The number of carboxylic acid groups (broad SMARTS) is 1. The third kappa shape index (κ3) is 11.2. The maximum atomic E-state index is 12.7. The number of pyridine rings is 1. The van der Waals surface area contributed by atoms with E-state index in [0.29, 0.717) is 0 Å². The topological polar surface area (TPSA) is 185 Å². The number of likely N-dealkylation sites (tertiary alicyclic amines) is 1. The Bertz CT molecular complexity index is 931. The van der Waals surface area contributed by atoms with E-state index in [0.717, 1.165) is 5.56 Å². The summed E-state index contributed by atoms with van der Waals surface area (Å²) in [6.07, 6.45) is 3.41. The minimum absolute atomic E-state index is 0.0572. The Balaban J connectivity index is 1.50. The highest BCUT2D eigenvalue weighted by atomic mass is 16.5. The van der Waals surface area contributed by atoms with Gasteiger partial charge in [-0.25, -0.2) is 4.79 Å². The van der Waals surface area contributed by atoms with Gasteiger partial charge in [0.05, 0.1) is 38.4 Å². The summed E-state index contributed by atoms with van der Waals surface area (Å²) in [5, 5.41) is 16.4. The highest BCUT2D eigenvalue weighted by molar-refractivity contribution is 5.90. The second kappa shape index (κ2) is 17.0. The zero-order valence-electron chi connectivity index (χ0n) is 21.3. The van der Waals surface area contributed by atoms with Gasteiger partial charge in [0.25, 0.3) is 0 Å². The van der Waals surface area contributed by atoms with Crippen molar-refractivity contribution < 1.29 is 43.3 Å². The first-order chi connectivity index (χ1) is 18.3. The molecule has 0 aliphatic carbocycles. The lowest BCUT2D eigenvalue weighted by molar-refractivity contribution is -0.142. The predicted octanol–water partition coefficient (Wildman–Crippen LogP) is -1.53. The molecular weight excluding hydrogens is 502 g/mol. The fourth-order valence-electron chi connectivity index (χ4n) is 3.75. The van der Waals surface area contributed by atoms with Gasteiger partial charge in [0.2, 0.25) is 23.6 Å². The summed E-state index contributed by atoms with van der Waals surface area (Å²) in [6, 6.07) is 3.17. The number of hydrogen-bond donors (Lipinski definition) is 4. The molecule has 1 aliphatic rings. The molecule has 0 aromatic carbocycles. The Morgan fingerprint density at radius 2 is 1.66 bits per heavy atom. The monoisotopic (exact) mass is 537 g/mol. The Labute approximate surface area is 220 Å². The lowest BCUT2D eigenvalue weighted by Crippen LogP contribution is -2.37. The summed E-state index contributed by atoms with van der Waals surface area (Å²) >= 11 is 0. The van der Waals surface area contributed by atoms with E-state index in [1.165, 1.54) is 0 Å². The Morgan fingerprint density at radius 3 is 2.37 bits per heavy atom. The average Bonchev–Trinajstić information content (AvgIpc) is 3.19. The van der Waals surface area contributed by atoms with Crippen molar-refractivity contribution >= 4 is 29.6 Å². The van der Waals surface area contributed by atoms with Crippen LogP contribution in [0.25, 0.3) is 0 Å². The number of carboxylic acids is 1. The SMILES string of the molecule is CN1C(=O)C[C@H](C(=O)NCCC(=O)NCCOCC(=O)NCCOCCOCC(=O)O)[C@H]1c1cccnc1. The van der Waals surface area contributed by atoms with Crippen molar-refractivity contribution in [2.45, 2.75) is 18.9 Å². The quantitative estimate of drug-likeness (QED) is 0.160. The van der Waals surface area contributed by atoms with E-state index in [1.54, 1.807) is 30.4 Å². The van der Waals surface area contributed by atoms with Gasteiger partial charge in [0.1, 0.15) is 13.2 Å². The number of aliphatic carboxylic acids is 1. The molecule has 38 heavy (non-hydrogen) atoms. The molecule has 0 spiro atoms. The van der Waals surface area contributed by atoms with Gasteiger partial charge in [-0.2, -0.15) is 0 Å². The molecule has 1 aromatic rings. The van der Waals surface area contributed by atoms with Crippen molar-refractivity contribution in [1.29, 1.82) is 0 Å². The molecule has 1 aliphatic heterocycles. The molecule has 14 nitrogen and oxygen atoms in total.